The number of thioether (sulfide) groups is 1. The fourth-order valence-electron chi connectivity index (χ4n) is 1.13. The zero-order chi connectivity index (χ0) is 10.9. The van der Waals surface area contributed by atoms with Crippen LogP contribution in [0.15, 0.2) is 0 Å². The second kappa shape index (κ2) is 8.45. The predicted molar refractivity (Wildman–Crippen MR) is 56.8 cm³/mol. The molecule has 0 radical (unpaired) electrons. The molecule has 0 heterocycles. The molecule has 0 bridgehead atoms. The van der Waals surface area contributed by atoms with Crippen LogP contribution < -0.4 is 0 Å². The molecule has 0 N–H and O–H groups in total. The molecule has 0 saturated carbocycles. The fourth-order valence-corrected chi connectivity index (χ4v) is 2.03. The third-order valence-corrected chi connectivity index (χ3v) is 3.12. The maximum Gasteiger partial charge on any atom is 0.389 e. The number of alkyl halides is 3. The van der Waals surface area contributed by atoms with Gasteiger partial charge in [0.1, 0.15) is 0 Å². The Morgan fingerprint density at radius 2 is 1.57 bits per heavy atom. The maximum absolute atomic E-state index is 11.7. The fraction of sp³-hybridized carbons (Fsp3) is 1.00. The number of hydrogen-bond donors (Lipinski definition) is 0. The first-order valence-corrected chi connectivity index (χ1v) is 6.36. The number of unbranched alkanes of at least 4 members (excludes halogenated alkanes) is 3. The van der Waals surface area contributed by atoms with Gasteiger partial charge < -0.3 is 0 Å². The standard InChI is InChI=1S/C10H19F3S/c1-2-8-14-9-6-4-3-5-7-10(11,12)13/h2-9H2,1H3. The van der Waals surface area contributed by atoms with Crippen molar-refractivity contribution >= 4 is 11.8 Å². The summed E-state index contributed by atoms with van der Waals surface area (Å²) in [5.74, 6) is 2.27. The summed E-state index contributed by atoms with van der Waals surface area (Å²) in [7, 11) is 0. The molecule has 0 atom stereocenters. The largest absolute Gasteiger partial charge is 0.389 e. The van der Waals surface area contributed by atoms with E-state index in [1.807, 2.05) is 11.8 Å². The van der Waals surface area contributed by atoms with E-state index in [4.69, 9.17) is 0 Å². The maximum atomic E-state index is 11.7. The summed E-state index contributed by atoms with van der Waals surface area (Å²) in [5, 5.41) is 0. The predicted octanol–water partition coefficient (Wildman–Crippen LogP) is 4.64. The lowest BCUT2D eigenvalue weighted by Gasteiger charge is -2.05. The van der Waals surface area contributed by atoms with Gasteiger partial charge in [0.2, 0.25) is 0 Å². The summed E-state index contributed by atoms with van der Waals surface area (Å²) < 4.78 is 35.2. The molecule has 0 saturated heterocycles. The Labute approximate surface area is 88.6 Å². The van der Waals surface area contributed by atoms with Gasteiger partial charge in [-0.1, -0.05) is 19.8 Å². The smallest absolute Gasteiger partial charge is 0.171 e. The van der Waals surface area contributed by atoms with Gasteiger partial charge in [0.25, 0.3) is 0 Å². The second-order valence-corrected chi connectivity index (χ2v) is 4.62. The molecule has 0 fully saturated rings. The lowest BCUT2D eigenvalue weighted by molar-refractivity contribution is -0.135. The lowest BCUT2D eigenvalue weighted by Crippen LogP contribution is -2.06. The van der Waals surface area contributed by atoms with E-state index in [-0.39, 0.29) is 0 Å². The molecule has 0 aliphatic rings. The summed E-state index contributed by atoms with van der Waals surface area (Å²) in [6.45, 7) is 2.14. The Hall–Kier alpha value is 0.140. The van der Waals surface area contributed by atoms with Crippen LogP contribution in [0.25, 0.3) is 0 Å². The van der Waals surface area contributed by atoms with Crippen molar-refractivity contribution < 1.29 is 13.2 Å². The Morgan fingerprint density at radius 3 is 2.14 bits per heavy atom. The van der Waals surface area contributed by atoms with Gasteiger partial charge >= 0.3 is 6.18 Å². The van der Waals surface area contributed by atoms with E-state index in [0.717, 1.165) is 18.6 Å². The number of hydrogen-bond acceptors (Lipinski definition) is 1. The minimum atomic E-state index is -3.96. The van der Waals surface area contributed by atoms with Crippen molar-refractivity contribution in [3.63, 3.8) is 0 Å². The average Bonchev–Trinajstić information content (AvgIpc) is 2.08. The normalized spacial score (nSPS) is 12.0. The Kier molecular flexibility index (Phi) is 8.53. The molecule has 0 spiro atoms. The first-order valence-electron chi connectivity index (χ1n) is 5.20. The molecule has 0 aliphatic heterocycles. The Morgan fingerprint density at radius 1 is 0.929 bits per heavy atom. The first kappa shape index (κ1) is 14.1. The molecular formula is C10H19F3S. The van der Waals surface area contributed by atoms with Gasteiger partial charge in [0, 0.05) is 6.42 Å². The quantitative estimate of drug-likeness (QED) is 0.545. The molecule has 0 aromatic rings. The highest BCUT2D eigenvalue weighted by atomic mass is 32.2. The van der Waals surface area contributed by atoms with Crippen molar-refractivity contribution in [3.05, 3.63) is 0 Å². The van der Waals surface area contributed by atoms with Crippen LogP contribution in [0.5, 0.6) is 0 Å². The molecule has 0 aromatic carbocycles. The van der Waals surface area contributed by atoms with Crippen LogP contribution in [0.1, 0.15) is 45.4 Å². The van der Waals surface area contributed by atoms with E-state index < -0.39 is 12.6 Å². The zero-order valence-corrected chi connectivity index (χ0v) is 9.52. The van der Waals surface area contributed by atoms with Gasteiger partial charge in [-0.15, -0.1) is 0 Å². The van der Waals surface area contributed by atoms with Crippen LogP contribution in [0.4, 0.5) is 13.2 Å². The van der Waals surface area contributed by atoms with Gasteiger partial charge in [-0.25, -0.2) is 0 Å². The van der Waals surface area contributed by atoms with Gasteiger partial charge in [0.05, 0.1) is 0 Å². The highest BCUT2D eigenvalue weighted by molar-refractivity contribution is 7.99. The van der Waals surface area contributed by atoms with E-state index in [1.54, 1.807) is 0 Å². The molecule has 0 aromatic heterocycles. The van der Waals surface area contributed by atoms with Crippen LogP contribution in [0, 0.1) is 0 Å². The molecule has 4 heteroatoms. The average molecular weight is 228 g/mol. The van der Waals surface area contributed by atoms with Crippen molar-refractivity contribution in [2.24, 2.45) is 0 Å². The van der Waals surface area contributed by atoms with Crippen LogP contribution in [0.3, 0.4) is 0 Å². The summed E-state index contributed by atoms with van der Waals surface area (Å²) >= 11 is 1.89. The Bertz CT molecular complexity index is 123. The Balaban J connectivity index is 2.99. The van der Waals surface area contributed by atoms with Gasteiger partial charge in [0.15, 0.2) is 0 Å². The zero-order valence-electron chi connectivity index (χ0n) is 8.70. The van der Waals surface area contributed by atoms with Crippen LogP contribution >= 0.6 is 11.8 Å². The minimum absolute atomic E-state index is 0.294. The van der Waals surface area contributed by atoms with Crippen molar-refractivity contribution in [2.75, 3.05) is 11.5 Å². The van der Waals surface area contributed by atoms with Gasteiger partial charge in [-0.2, -0.15) is 24.9 Å². The van der Waals surface area contributed by atoms with E-state index in [1.165, 1.54) is 12.2 Å². The van der Waals surface area contributed by atoms with Crippen molar-refractivity contribution in [1.82, 2.24) is 0 Å². The summed E-state index contributed by atoms with van der Waals surface area (Å²) in [4.78, 5) is 0. The summed E-state index contributed by atoms with van der Waals surface area (Å²) in [6, 6.07) is 0. The SMILES string of the molecule is CCCSCCCCCCC(F)(F)F. The summed E-state index contributed by atoms with van der Waals surface area (Å²) in [6.07, 6.45) is -0.395. The molecule has 0 amide bonds. The molecule has 0 rings (SSSR count). The molecule has 86 valence electrons. The molecule has 0 aliphatic carbocycles. The van der Waals surface area contributed by atoms with E-state index in [0.29, 0.717) is 12.8 Å². The molecule has 14 heavy (non-hydrogen) atoms. The lowest BCUT2D eigenvalue weighted by atomic mass is 10.1. The van der Waals surface area contributed by atoms with Crippen LogP contribution in [-0.2, 0) is 0 Å². The monoisotopic (exact) mass is 228 g/mol. The van der Waals surface area contributed by atoms with Crippen LogP contribution in [0.2, 0.25) is 0 Å². The van der Waals surface area contributed by atoms with Gasteiger partial charge in [-0.3, -0.25) is 0 Å². The third-order valence-electron chi connectivity index (χ3n) is 1.85. The summed E-state index contributed by atoms with van der Waals surface area (Å²) in [5.41, 5.74) is 0. The molecule has 0 unspecified atom stereocenters. The first-order chi connectivity index (χ1) is 6.56. The topological polar surface area (TPSA) is 0 Å². The minimum Gasteiger partial charge on any atom is -0.171 e. The molecular weight excluding hydrogens is 209 g/mol. The van der Waals surface area contributed by atoms with Gasteiger partial charge in [-0.05, 0) is 30.8 Å². The van der Waals surface area contributed by atoms with E-state index in [2.05, 4.69) is 6.92 Å². The highest BCUT2D eigenvalue weighted by Gasteiger charge is 2.25. The third kappa shape index (κ3) is 12.1. The van der Waals surface area contributed by atoms with Crippen molar-refractivity contribution in [1.29, 1.82) is 0 Å². The highest BCUT2D eigenvalue weighted by Crippen LogP contribution is 2.23. The number of halogens is 3. The van der Waals surface area contributed by atoms with Crippen molar-refractivity contribution in [3.8, 4) is 0 Å². The second-order valence-electron chi connectivity index (χ2n) is 3.39. The van der Waals surface area contributed by atoms with Crippen LogP contribution in [-0.4, -0.2) is 17.7 Å². The van der Waals surface area contributed by atoms with Crippen molar-refractivity contribution in [2.45, 2.75) is 51.6 Å². The number of rotatable bonds is 8. The van der Waals surface area contributed by atoms with E-state index >= 15 is 0 Å². The van der Waals surface area contributed by atoms with E-state index in [9.17, 15) is 13.2 Å². The molecule has 0 nitrogen and oxygen atoms in total.